The molecule has 0 radical (unpaired) electrons. The van der Waals surface area contributed by atoms with E-state index in [2.05, 4.69) is 4.98 Å². The summed E-state index contributed by atoms with van der Waals surface area (Å²) in [4.78, 5) is 23.7. The summed E-state index contributed by atoms with van der Waals surface area (Å²) in [5.74, 6) is 0.780. The van der Waals surface area contributed by atoms with Gasteiger partial charge in [0.2, 0.25) is 0 Å². The molecule has 1 unspecified atom stereocenters. The number of benzene rings is 1. The van der Waals surface area contributed by atoms with Crippen LogP contribution < -0.4 is 0 Å². The zero-order chi connectivity index (χ0) is 19.1. The third-order valence-corrected chi connectivity index (χ3v) is 5.08. The Balaban J connectivity index is 1.50. The van der Waals surface area contributed by atoms with Crippen molar-refractivity contribution in [3.8, 4) is 11.6 Å². The molecule has 0 aliphatic carbocycles. The smallest absolute Gasteiger partial charge is 0.254 e. The van der Waals surface area contributed by atoms with Crippen molar-refractivity contribution in [2.24, 2.45) is 0 Å². The number of carbonyl (C=O) groups excluding carboxylic acids is 1. The lowest BCUT2D eigenvalue weighted by Crippen LogP contribution is -2.29. The molecule has 1 fully saturated rings. The number of pyridine rings is 1. The molecule has 1 aliphatic rings. The van der Waals surface area contributed by atoms with E-state index < -0.39 is 5.82 Å². The quantitative estimate of drug-likeness (QED) is 0.544. The molecule has 28 heavy (non-hydrogen) atoms. The minimum absolute atomic E-state index is 0.0116. The van der Waals surface area contributed by atoms with Gasteiger partial charge in [0.25, 0.3) is 5.91 Å². The van der Waals surface area contributed by atoms with Gasteiger partial charge in [0, 0.05) is 24.8 Å². The average molecular weight is 376 g/mol. The van der Waals surface area contributed by atoms with Gasteiger partial charge in [-0.25, -0.2) is 14.4 Å². The second kappa shape index (κ2) is 6.60. The van der Waals surface area contributed by atoms with Crippen molar-refractivity contribution in [3.63, 3.8) is 0 Å². The highest BCUT2D eigenvalue weighted by molar-refractivity contribution is 5.94. The number of fused-ring (bicyclic) bond motifs is 1. The Kier molecular flexibility index (Phi) is 3.93. The summed E-state index contributed by atoms with van der Waals surface area (Å²) in [6, 6.07) is 13.3. The van der Waals surface area contributed by atoms with Gasteiger partial charge >= 0.3 is 0 Å². The number of halogens is 1. The first kappa shape index (κ1) is 16.7. The Hall–Kier alpha value is -3.48. The van der Waals surface area contributed by atoms with Crippen LogP contribution in [-0.2, 0) is 0 Å². The summed E-state index contributed by atoms with van der Waals surface area (Å²) in [5.41, 5.74) is 1.91. The Bertz CT molecular complexity index is 1150. The molecule has 0 spiro atoms. The second-order valence-electron chi connectivity index (χ2n) is 6.83. The van der Waals surface area contributed by atoms with Gasteiger partial charge in [-0.05, 0) is 48.9 Å². The summed E-state index contributed by atoms with van der Waals surface area (Å²) in [5, 5.41) is 0. The van der Waals surface area contributed by atoms with Crippen LogP contribution in [0, 0.1) is 5.82 Å². The van der Waals surface area contributed by atoms with Gasteiger partial charge < -0.3 is 13.9 Å². The van der Waals surface area contributed by atoms with E-state index >= 15 is 0 Å². The molecule has 1 aromatic carbocycles. The highest BCUT2D eigenvalue weighted by Crippen LogP contribution is 2.32. The van der Waals surface area contributed by atoms with Crippen LogP contribution in [0.1, 0.15) is 22.8 Å². The maximum atomic E-state index is 13.5. The number of furan rings is 1. The van der Waals surface area contributed by atoms with Crippen LogP contribution in [0.2, 0.25) is 0 Å². The predicted octanol–water partition coefficient (Wildman–Crippen LogP) is 3.92. The van der Waals surface area contributed by atoms with E-state index in [0.29, 0.717) is 30.2 Å². The van der Waals surface area contributed by atoms with Gasteiger partial charge in [0.1, 0.15) is 11.3 Å². The number of rotatable bonds is 3. The van der Waals surface area contributed by atoms with Gasteiger partial charge in [-0.3, -0.25) is 4.79 Å². The fourth-order valence-electron chi connectivity index (χ4n) is 3.80. The normalized spacial score (nSPS) is 16.8. The van der Waals surface area contributed by atoms with E-state index in [1.807, 2.05) is 28.8 Å². The fraction of sp³-hybridized carbons (Fsp3) is 0.190. The number of nitrogens with zero attached hydrogens (tertiary/aromatic N) is 4. The minimum Gasteiger partial charge on any atom is -0.461 e. The molecule has 1 saturated heterocycles. The molecule has 1 amide bonds. The summed E-state index contributed by atoms with van der Waals surface area (Å²) in [7, 11) is 0. The summed E-state index contributed by atoms with van der Waals surface area (Å²) >= 11 is 0. The monoisotopic (exact) mass is 376 g/mol. The van der Waals surface area contributed by atoms with E-state index in [9.17, 15) is 9.18 Å². The van der Waals surface area contributed by atoms with E-state index in [1.165, 1.54) is 12.1 Å². The SMILES string of the molecule is O=C(c1cccc(F)c1)N1CCC(n2c(-c3ccco3)nc3cccnc32)C1. The van der Waals surface area contributed by atoms with Gasteiger partial charge in [0.15, 0.2) is 17.2 Å². The van der Waals surface area contributed by atoms with Crippen LogP contribution in [0.3, 0.4) is 0 Å². The highest BCUT2D eigenvalue weighted by Gasteiger charge is 2.31. The molecule has 0 bridgehead atoms. The molecule has 1 aliphatic heterocycles. The number of amides is 1. The molecular weight excluding hydrogens is 359 g/mol. The first-order chi connectivity index (χ1) is 13.7. The number of likely N-dealkylation sites (tertiary alicyclic amines) is 1. The fourth-order valence-corrected chi connectivity index (χ4v) is 3.80. The summed E-state index contributed by atoms with van der Waals surface area (Å²) in [6.07, 6.45) is 4.11. The van der Waals surface area contributed by atoms with E-state index in [4.69, 9.17) is 9.40 Å². The molecular formula is C21H17FN4O2. The maximum Gasteiger partial charge on any atom is 0.254 e. The first-order valence-electron chi connectivity index (χ1n) is 9.12. The standard InChI is InChI=1S/C21H17FN4O2/c22-15-5-1-4-14(12-15)21(27)25-10-8-16(13-25)26-19-17(6-2-9-23-19)24-20(26)18-7-3-11-28-18/h1-7,9,11-12,16H,8,10,13H2. The maximum absolute atomic E-state index is 13.5. The largest absolute Gasteiger partial charge is 0.461 e. The zero-order valence-electron chi connectivity index (χ0n) is 15.0. The minimum atomic E-state index is -0.411. The van der Waals surface area contributed by atoms with Gasteiger partial charge in [-0.1, -0.05) is 6.07 Å². The molecule has 4 aromatic rings. The molecule has 7 heteroatoms. The zero-order valence-corrected chi connectivity index (χ0v) is 15.0. The number of aromatic nitrogens is 3. The van der Waals surface area contributed by atoms with Crippen molar-refractivity contribution < 1.29 is 13.6 Å². The number of carbonyl (C=O) groups is 1. The van der Waals surface area contributed by atoms with E-state index in [-0.39, 0.29) is 11.9 Å². The lowest BCUT2D eigenvalue weighted by Gasteiger charge is -2.18. The third-order valence-electron chi connectivity index (χ3n) is 5.08. The Labute approximate surface area is 160 Å². The van der Waals surface area contributed by atoms with Crippen molar-refractivity contribution in [2.45, 2.75) is 12.5 Å². The van der Waals surface area contributed by atoms with Crippen molar-refractivity contribution in [1.82, 2.24) is 19.4 Å². The number of imidazole rings is 1. The molecule has 0 saturated carbocycles. The molecule has 5 rings (SSSR count). The van der Waals surface area contributed by atoms with Crippen LogP contribution in [0.25, 0.3) is 22.7 Å². The molecule has 3 aromatic heterocycles. The van der Waals surface area contributed by atoms with Crippen LogP contribution in [0.5, 0.6) is 0 Å². The Morgan fingerprint density at radius 3 is 2.93 bits per heavy atom. The van der Waals surface area contributed by atoms with Gasteiger partial charge in [-0.15, -0.1) is 0 Å². The van der Waals surface area contributed by atoms with Gasteiger partial charge in [-0.2, -0.15) is 0 Å². The molecule has 140 valence electrons. The molecule has 6 nitrogen and oxygen atoms in total. The summed E-state index contributed by atoms with van der Waals surface area (Å²) < 4.78 is 21.1. The number of hydrogen-bond acceptors (Lipinski definition) is 4. The van der Waals surface area contributed by atoms with Crippen LogP contribution >= 0.6 is 0 Å². The van der Waals surface area contributed by atoms with E-state index in [1.54, 1.807) is 29.5 Å². The molecule has 4 heterocycles. The van der Waals surface area contributed by atoms with Crippen molar-refractivity contribution in [3.05, 3.63) is 72.4 Å². The number of hydrogen-bond donors (Lipinski definition) is 0. The highest BCUT2D eigenvalue weighted by atomic mass is 19.1. The Morgan fingerprint density at radius 1 is 1.18 bits per heavy atom. The van der Waals surface area contributed by atoms with Gasteiger partial charge in [0.05, 0.1) is 12.3 Å². The third kappa shape index (κ3) is 2.76. The lowest BCUT2D eigenvalue weighted by molar-refractivity contribution is 0.0787. The summed E-state index contributed by atoms with van der Waals surface area (Å²) in [6.45, 7) is 1.09. The topological polar surface area (TPSA) is 64.2 Å². The van der Waals surface area contributed by atoms with Crippen LogP contribution in [-0.4, -0.2) is 38.4 Å². The first-order valence-corrected chi connectivity index (χ1v) is 9.12. The molecule has 0 N–H and O–H groups in total. The lowest BCUT2D eigenvalue weighted by atomic mass is 10.2. The van der Waals surface area contributed by atoms with Crippen LogP contribution in [0.4, 0.5) is 4.39 Å². The van der Waals surface area contributed by atoms with Crippen molar-refractivity contribution in [2.75, 3.05) is 13.1 Å². The average Bonchev–Trinajstić information content (AvgIpc) is 3.45. The van der Waals surface area contributed by atoms with Crippen molar-refractivity contribution in [1.29, 1.82) is 0 Å². The van der Waals surface area contributed by atoms with Crippen molar-refractivity contribution >= 4 is 17.1 Å². The Morgan fingerprint density at radius 2 is 2.11 bits per heavy atom. The predicted molar refractivity (Wildman–Crippen MR) is 101 cm³/mol. The van der Waals surface area contributed by atoms with Crippen LogP contribution in [0.15, 0.2) is 65.4 Å². The molecule has 1 atom stereocenters. The second-order valence-corrected chi connectivity index (χ2v) is 6.83. The van der Waals surface area contributed by atoms with E-state index in [0.717, 1.165) is 17.6 Å².